The summed E-state index contributed by atoms with van der Waals surface area (Å²) >= 11 is 9.64. The number of hydrogen-bond donors (Lipinski definition) is 0. The molecule has 2 atom stereocenters. The van der Waals surface area contributed by atoms with Gasteiger partial charge in [0.2, 0.25) is 5.91 Å². The third-order valence-electron chi connectivity index (χ3n) is 4.13. The van der Waals surface area contributed by atoms with Crippen molar-refractivity contribution >= 4 is 39.5 Å². The van der Waals surface area contributed by atoms with Crippen LogP contribution in [-0.2, 0) is 9.53 Å². The fraction of sp³-hybridized carbons (Fsp3) is 0.556. The molecule has 1 aliphatic rings. The lowest BCUT2D eigenvalue weighted by molar-refractivity contribution is -0.136. The van der Waals surface area contributed by atoms with E-state index in [1.807, 2.05) is 39.8 Å². The van der Waals surface area contributed by atoms with Gasteiger partial charge in [-0.05, 0) is 51.5 Å². The first-order valence-corrected chi connectivity index (χ1v) is 9.39. The number of piperazine rings is 1. The molecule has 138 valence electrons. The van der Waals surface area contributed by atoms with Crippen LogP contribution in [0.4, 0.5) is 4.79 Å². The highest BCUT2D eigenvalue weighted by Crippen LogP contribution is 2.35. The van der Waals surface area contributed by atoms with Gasteiger partial charge in [0.15, 0.2) is 0 Å². The van der Waals surface area contributed by atoms with E-state index in [4.69, 9.17) is 16.3 Å². The summed E-state index contributed by atoms with van der Waals surface area (Å²) in [6.07, 6.45) is -0.366. The molecule has 0 radical (unpaired) electrons. The molecule has 1 aromatic rings. The highest BCUT2D eigenvalue weighted by molar-refractivity contribution is 9.10. The molecule has 25 heavy (non-hydrogen) atoms. The Balaban J connectivity index is 2.37. The van der Waals surface area contributed by atoms with Gasteiger partial charge in [-0.15, -0.1) is 0 Å². The van der Waals surface area contributed by atoms with Gasteiger partial charge in [-0.2, -0.15) is 0 Å². The molecule has 0 saturated carbocycles. The van der Waals surface area contributed by atoms with Gasteiger partial charge in [-0.3, -0.25) is 4.79 Å². The molecule has 5 nitrogen and oxygen atoms in total. The van der Waals surface area contributed by atoms with E-state index in [1.165, 1.54) is 0 Å². The average Bonchev–Trinajstić information content (AvgIpc) is 2.43. The second-order valence-electron chi connectivity index (χ2n) is 7.27. The van der Waals surface area contributed by atoms with Crippen LogP contribution in [0, 0.1) is 0 Å². The number of amides is 2. The Hall–Kier alpha value is -1.27. The Morgan fingerprint density at radius 3 is 2.32 bits per heavy atom. The first-order chi connectivity index (χ1) is 11.5. The van der Waals surface area contributed by atoms with E-state index in [0.717, 1.165) is 10.0 Å². The van der Waals surface area contributed by atoms with Crippen molar-refractivity contribution in [2.24, 2.45) is 0 Å². The van der Waals surface area contributed by atoms with Crippen LogP contribution >= 0.6 is 27.5 Å². The molecule has 2 amide bonds. The van der Waals surface area contributed by atoms with E-state index in [9.17, 15) is 9.59 Å². The third-order valence-corrected chi connectivity index (χ3v) is 4.80. The molecule has 0 aliphatic carbocycles. The summed E-state index contributed by atoms with van der Waals surface area (Å²) in [4.78, 5) is 28.2. The molecule has 1 aromatic carbocycles. The van der Waals surface area contributed by atoms with Gasteiger partial charge >= 0.3 is 6.09 Å². The summed E-state index contributed by atoms with van der Waals surface area (Å²) in [5.41, 5.74) is 0.318. The van der Waals surface area contributed by atoms with Gasteiger partial charge in [0.05, 0.1) is 12.1 Å². The summed E-state index contributed by atoms with van der Waals surface area (Å²) < 4.78 is 6.36. The topological polar surface area (TPSA) is 49.9 Å². The minimum atomic E-state index is -0.566. The smallest absolute Gasteiger partial charge is 0.410 e. The lowest BCUT2D eigenvalue weighted by Crippen LogP contribution is -2.57. The zero-order valence-electron chi connectivity index (χ0n) is 15.2. The average molecular weight is 432 g/mol. The number of rotatable bonds is 1. The molecular formula is C18H24BrClN2O3. The van der Waals surface area contributed by atoms with Gasteiger partial charge in [0.25, 0.3) is 0 Å². The summed E-state index contributed by atoms with van der Waals surface area (Å²) in [6, 6.07) is 5.04. The van der Waals surface area contributed by atoms with Crippen LogP contribution in [-0.4, -0.2) is 46.5 Å². The standard InChI is InChI=1S/C18H24BrClN2O3/c1-11-16(13-8-14(19)10-15(20)9-13)22(12(2)23)7-6-21(11)17(24)25-18(3,4)5/h8-11,16H,6-7H2,1-5H3/t11-,16+/m1/s1. The monoisotopic (exact) mass is 430 g/mol. The van der Waals surface area contributed by atoms with Crippen LogP contribution in [0.1, 0.15) is 46.2 Å². The van der Waals surface area contributed by atoms with E-state index in [1.54, 1.807) is 22.8 Å². The normalized spacial score (nSPS) is 21.2. The van der Waals surface area contributed by atoms with E-state index < -0.39 is 5.60 Å². The highest BCUT2D eigenvalue weighted by Gasteiger charge is 2.40. The molecule has 1 heterocycles. The molecule has 1 saturated heterocycles. The number of benzene rings is 1. The van der Waals surface area contributed by atoms with Crippen molar-refractivity contribution in [3.05, 3.63) is 33.3 Å². The number of hydrogen-bond acceptors (Lipinski definition) is 3. The van der Waals surface area contributed by atoms with Crippen molar-refractivity contribution in [2.45, 2.75) is 52.3 Å². The Morgan fingerprint density at radius 2 is 1.80 bits per heavy atom. The molecular weight excluding hydrogens is 408 g/mol. The number of nitrogens with zero attached hydrogens (tertiary/aromatic N) is 2. The zero-order valence-corrected chi connectivity index (χ0v) is 17.5. The third kappa shape index (κ3) is 4.88. The number of carbonyl (C=O) groups is 2. The van der Waals surface area contributed by atoms with Crippen molar-refractivity contribution in [1.29, 1.82) is 0 Å². The molecule has 7 heteroatoms. The van der Waals surface area contributed by atoms with Crippen LogP contribution in [0.5, 0.6) is 0 Å². The maximum absolute atomic E-state index is 12.6. The largest absolute Gasteiger partial charge is 0.444 e. The van der Waals surface area contributed by atoms with Crippen molar-refractivity contribution in [3.63, 3.8) is 0 Å². The fourth-order valence-electron chi connectivity index (χ4n) is 3.12. The van der Waals surface area contributed by atoms with Crippen LogP contribution in [0.15, 0.2) is 22.7 Å². The predicted octanol–water partition coefficient (Wildman–Crippen LogP) is 4.63. The summed E-state index contributed by atoms with van der Waals surface area (Å²) in [7, 11) is 0. The maximum Gasteiger partial charge on any atom is 0.410 e. The van der Waals surface area contributed by atoms with Crippen LogP contribution in [0.25, 0.3) is 0 Å². The number of carbonyl (C=O) groups excluding carboxylic acids is 2. The van der Waals surface area contributed by atoms with Gasteiger partial charge in [-0.1, -0.05) is 27.5 Å². The van der Waals surface area contributed by atoms with Gasteiger partial charge in [0, 0.05) is 29.5 Å². The second kappa shape index (κ2) is 7.54. The summed E-state index contributed by atoms with van der Waals surface area (Å²) in [6.45, 7) is 9.88. The molecule has 0 spiro atoms. The molecule has 0 unspecified atom stereocenters. The minimum Gasteiger partial charge on any atom is -0.444 e. The van der Waals surface area contributed by atoms with Crippen molar-refractivity contribution in [3.8, 4) is 0 Å². The van der Waals surface area contributed by atoms with E-state index in [0.29, 0.717) is 18.1 Å². The SMILES string of the molecule is CC(=O)N1CCN(C(=O)OC(C)(C)C)[C@H](C)[C@H]1c1cc(Cl)cc(Br)c1. The first-order valence-electron chi connectivity index (χ1n) is 8.22. The lowest BCUT2D eigenvalue weighted by Gasteiger charge is -2.46. The maximum atomic E-state index is 12.6. The van der Waals surface area contributed by atoms with Gasteiger partial charge in [0.1, 0.15) is 5.60 Å². The Morgan fingerprint density at radius 1 is 1.20 bits per heavy atom. The molecule has 2 rings (SSSR count). The Bertz CT molecular complexity index is 655. The van der Waals surface area contributed by atoms with Crippen molar-refractivity contribution in [1.82, 2.24) is 9.80 Å². The molecule has 0 N–H and O–H groups in total. The van der Waals surface area contributed by atoms with Crippen molar-refractivity contribution < 1.29 is 14.3 Å². The van der Waals surface area contributed by atoms with Crippen LogP contribution in [0.3, 0.4) is 0 Å². The Labute approximate surface area is 162 Å². The zero-order chi connectivity index (χ0) is 18.9. The summed E-state index contributed by atoms with van der Waals surface area (Å²) in [5.74, 6) is -0.0308. The fourth-order valence-corrected chi connectivity index (χ4v) is 4.01. The minimum absolute atomic E-state index is 0.0308. The van der Waals surface area contributed by atoms with E-state index in [-0.39, 0.29) is 24.1 Å². The quantitative estimate of drug-likeness (QED) is 0.651. The lowest BCUT2D eigenvalue weighted by atomic mass is 9.95. The van der Waals surface area contributed by atoms with Crippen LogP contribution < -0.4 is 0 Å². The summed E-state index contributed by atoms with van der Waals surface area (Å²) in [5, 5.41) is 0.578. The molecule has 0 bridgehead atoms. The Kier molecular flexibility index (Phi) is 6.05. The first kappa shape index (κ1) is 20.0. The molecule has 0 aromatic heterocycles. The molecule has 1 fully saturated rings. The number of halogens is 2. The highest BCUT2D eigenvalue weighted by atomic mass is 79.9. The molecule has 1 aliphatic heterocycles. The van der Waals surface area contributed by atoms with Crippen molar-refractivity contribution in [2.75, 3.05) is 13.1 Å². The van der Waals surface area contributed by atoms with Gasteiger partial charge < -0.3 is 14.5 Å². The predicted molar refractivity (Wildman–Crippen MR) is 102 cm³/mol. The van der Waals surface area contributed by atoms with Crippen LogP contribution in [0.2, 0.25) is 5.02 Å². The van der Waals surface area contributed by atoms with Gasteiger partial charge in [-0.25, -0.2) is 4.79 Å². The van der Waals surface area contributed by atoms with E-state index >= 15 is 0 Å². The number of ether oxygens (including phenoxy) is 1. The van der Waals surface area contributed by atoms with E-state index in [2.05, 4.69) is 15.9 Å². The second-order valence-corrected chi connectivity index (χ2v) is 8.63.